The lowest BCUT2D eigenvalue weighted by Gasteiger charge is -2.50. The van der Waals surface area contributed by atoms with E-state index in [1.54, 1.807) is 48.0 Å². The van der Waals surface area contributed by atoms with Gasteiger partial charge in [0.25, 0.3) is 0 Å². The summed E-state index contributed by atoms with van der Waals surface area (Å²) < 4.78 is 25.7. The Labute approximate surface area is 362 Å². The second-order valence-corrected chi connectivity index (χ2v) is 19.1. The van der Waals surface area contributed by atoms with Crippen LogP contribution in [0.25, 0.3) is 6.08 Å². The number of hydroxylamine groups is 2. The van der Waals surface area contributed by atoms with Crippen LogP contribution < -0.4 is 5.32 Å². The summed E-state index contributed by atoms with van der Waals surface area (Å²) >= 11 is 0. The molecule has 15 nitrogen and oxygen atoms in total. The maximum Gasteiger partial charge on any atom is 0.327 e. The summed E-state index contributed by atoms with van der Waals surface area (Å²) in [4.78, 5) is 79.5. The largest absolute Gasteiger partial charge is 0.460 e. The molecule has 0 unspecified atom stereocenters. The van der Waals surface area contributed by atoms with Crippen molar-refractivity contribution in [3.05, 3.63) is 77.4 Å². The third kappa shape index (κ3) is 8.66. The maximum absolute atomic E-state index is 15.8. The lowest BCUT2D eigenvalue weighted by atomic mass is 9.62. The first kappa shape index (κ1) is 44.0. The number of rotatable bonds is 16. The van der Waals surface area contributed by atoms with E-state index in [0.29, 0.717) is 0 Å². The summed E-state index contributed by atoms with van der Waals surface area (Å²) in [5, 5.41) is 14.8. The summed E-state index contributed by atoms with van der Waals surface area (Å²) in [7, 11) is 4.92. The van der Waals surface area contributed by atoms with E-state index in [9.17, 15) is 24.3 Å². The van der Waals surface area contributed by atoms with Gasteiger partial charge in [0.15, 0.2) is 11.8 Å². The van der Waals surface area contributed by atoms with Gasteiger partial charge < -0.3 is 39.2 Å². The smallest absolute Gasteiger partial charge is 0.327 e. The van der Waals surface area contributed by atoms with Crippen LogP contribution in [0.4, 0.5) is 0 Å². The molecule has 3 amide bonds. The number of carbonyl (C=O) groups excluding carboxylic acids is 5. The molecule has 0 spiro atoms. The molecule has 62 heavy (non-hydrogen) atoms. The topological polar surface area (TPSA) is 173 Å². The Hall–Kier alpha value is -4.67. The lowest BCUT2D eigenvalue weighted by Crippen LogP contribution is -2.70. The molecule has 0 radical (unpaired) electrons. The van der Waals surface area contributed by atoms with Gasteiger partial charge >= 0.3 is 11.9 Å². The fraction of sp³-hybridized carbons (Fsp3) is 0.596. The first-order valence-corrected chi connectivity index (χ1v) is 21.9. The molecule has 3 aliphatic heterocycles. The second kappa shape index (κ2) is 17.1. The van der Waals surface area contributed by atoms with Gasteiger partial charge in [0.2, 0.25) is 17.7 Å². The molecule has 8 atom stereocenters. The normalized spacial score (nSPS) is 28.4. The minimum Gasteiger partial charge on any atom is -0.460 e. The molecule has 8 rings (SSSR count). The van der Waals surface area contributed by atoms with Gasteiger partial charge in [0.05, 0.1) is 19.2 Å². The third-order valence-corrected chi connectivity index (χ3v) is 13.1. The number of benzene rings is 2. The van der Waals surface area contributed by atoms with Crippen molar-refractivity contribution >= 4 is 35.7 Å². The summed E-state index contributed by atoms with van der Waals surface area (Å²) in [6.07, 6.45) is 4.18. The van der Waals surface area contributed by atoms with Gasteiger partial charge in [-0.2, -0.15) is 5.06 Å². The Morgan fingerprint density at radius 1 is 0.968 bits per heavy atom. The molecular formula is C47H60N4O11. The van der Waals surface area contributed by atoms with Crippen LogP contribution in [0.2, 0.25) is 0 Å². The Kier molecular flexibility index (Phi) is 12.1. The molecule has 334 valence electrons. The Bertz CT molecular complexity index is 2050. The number of hydrogen-bond donors (Lipinski definition) is 2. The monoisotopic (exact) mass is 856 g/mol. The number of aliphatic hydroxyl groups is 1. The average molecular weight is 857 g/mol. The third-order valence-electron chi connectivity index (χ3n) is 13.1. The molecule has 3 saturated carbocycles. The standard InChI is InChI=1S/C47H60N4O11/c1-45(2,3)59-37(54)22-20-33(27-52)48-42(55)34(24-28-11-8-7-9-12-28)50(6)44(57)46-25-35-38-39(61-47(60-38,31-16-17-31)32-18-19-32)41(46)62-51(40(46)43(56)58-35)26-30-14-10-13-29(23-30)15-21-36(53)49(4)5/h7-15,21,23,31-35,38-41,52H,16-20,22,24-27H2,1-6H3,(H,48,55)/t33-,34+,35-,38-,39-,40-,41+,46-/m0/s1. The van der Waals surface area contributed by atoms with Gasteiger partial charge in [-0.25, -0.2) is 0 Å². The van der Waals surface area contributed by atoms with E-state index >= 15 is 4.79 Å². The molecular weight excluding hydrogens is 797 g/mol. The summed E-state index contributed by atoms with van der Waals surface area (Å²) in [6.45, 7) is 4.96. The Morgan fingerprint density at radius 3 is 2.29 bits per heavy atom. The van der Waals surface area contributed by atoms with Crippen LogP contribution in [0.15, 0.2) is 60.7 Å². The van der Waals surface area contributed by atoms with Crippen molar-refractivity contribution in [3.63, 3.8) is 0 Å². The van der Waals surface area contributed by atoms with Crippen molar-refractivity contribution in [2.45, 2.75) is 133 Å². The highest BCUT2D eigenvalue weighted by Gasteiger charge is 2.78. The molecule has 2 aromatic carbocycles. The summed E-state index contributed by atoms with van der Waals surface area (Å²) in [6, 6.07) is 13.7. The van der Waals surface area contributed by atoms with Gasteiger partial charge in [-0.15, -0.1) is 0 Å². The number of fused-ring (bicyclic) bond motifs is 4. The molecule has 3 aliphatic carbocycles. The number of likely N-dealkylation sites (N-methyl/N-ethyl adjacent to an activating group) is 2. The highest BCUT2D eigenvalue weighted by molar-refractivity contribution is 5.96. The highest BCUT2D eigenvalue weighted by atomic mass is 16.8. The van der Waals surface area contributed by atoms with E-state index < -0.39 is 89.7 Å². The number of aliphatic hydroxyl groups excluding tert-OH is 1. The number of esters is 2. The zero-order valence-electron chi connectivity index (χ0n) is 36.5. The SMILES string of the molecule is CN(C)C(=O)C=Cc1cccc(CN2O[C@@H]3[C@H]4OC(C5CC5)(C5CC5)O[C@H]4[C@@H]4C[C@]3(C(=O)N(C)[C@H](Cc3ccccc3)C(=O)N[C@H](CO)CCC(=O)OC(C)(C)C)[C@@H]2C(=O)O4)c1. The highest BCUT2D eigenvalue weighted by Crippen LogP contribution is 2.64. The molecule has 2 bridgehead atoms. The van der Waals surface area contributed by atoms with Crippen molar-refractivity contribution in [2.24, 2.45) is 17.3 Å². The minimum atomic E-state index is -1.54. The average Bonchev–Trinajstić information content (AvgIpc) is 4.19. The number of amides is 3. The van der Waals surface area contributed by atoms with Crippen molar-refractivity contribution < 1.29 is 52.9 Å². The second-order valence-electron chi connectivity index (χ2n) is 19.1. The van der Waals surface area contributed by atoms with Gasteiger partial charge in [-0.05, 0) is 75.6 Å². The number of ether oxygens (including phenoxy) is 4. The van der Waals surface area contributed by atoms with E-state index in [-0.39, 0.29) is 50.0 Å². The van der Waals surface area contributed by atoms with Crippen LogP contribution in [0.1, 0.15) is 82.4 Å². The van der Waals surface area contributed by atoms with Crippen molar-refractivity contribution in [1.29, 1.82) is 0 Å². The molecule has 0 aromatic heterocycles. The van der Waals surface area contributed by atoms with Gasteiger partial charge in [0.1, 0.15) is 41.5 Å². The minimum absolute atomic E-state index is 0.0364. The number of hydrogen-bond acceptors (Lipinski definition) is 12. The maximum atomic E-state index is 15.8. The fourth-order valence-electron chi connectivity index (χ4n) is 9.84. The zero-order valence-corrected chi connectivity index (χ0v) is 36.5. The molecule has 2 aromatic rings. The molecule has 2 N–H and O–H groups in total. The summed E-state index contributed by atoms with van der Waals surface area (Å²) in [5.74, 6) is -2.70. The van der Waals surface area contributed by atoms with E-state index in [4.69, 9.17) is 23.8 Å². The van der Waals surface area contributed by atoms with Crippen molar-refractivity contribution in [1.82, 2.24) is 20.2 Å². The van der Waals surface area contributed by atoms with Crippen LogP contribution >= 0.6 is 0 Å². The molecule has 15 heteroatoms. The van der Waals surface area contributed by atoms with E-state index in [1.165, 1.54) is 20.9 Å². The Balaban J connectivity index is 1.12. The predicted molar refractivity (Wildman–Crippen MR) is 224 cm³/mol. The lowest BCUT2D eigenvalue weighted by molar-refractivity contribution is -0.235. The van der Waals surface area contributed by atoms with Crippen LogP contribution in [-0.2, 0) is 60.7 Å². The van der Waals surface area contributed by atoms with Crippen molar-refractivity contribution in [2.75, 3.05) is 27.7 Å². The van der Waals surface area contributed by atoms with E-state index in [0.717, 1.165) is 42.4 Å². The molecule has 3 saturated heterocycles. The van der Waals surface area contributed by atoms with Gasteiger partial charge in [-0.1, -0.05) is 54.6 Å². The Morgan fingerprint density at radius 2 is 1.65 bits per heavy atom. The number of nitrogens with one attached hydrogen (secondary N) is 1. The number of nitrogens with zero attached hydrogens (tertiary/aromatic N) is 3. The van der Waals surface area contributed by atoms with Crippen molar-refractivity contribution in [3.8, 4) is 0 Å². The summed E-state index contributed by atoms with van der Waals surface area (Å²) in [5.41, 5.74) is 0.0849. The first-order valence-electron chi connectivity index (χ1n) is 21.9. The van der Waals surface area contributed by atoms with Crippen LogP contribution in [0, 0.1) is 17.3 Å². The molecule has 6 aliphatic rings. The molecule has 3 heterocycles. The first-order chi connectivity index (χ1) is 29.5. The van der Waals surface area contributed by atoms with Crippen LogP contribution in [-0.4, -0.2) is 131 Å². The van der Waals surface area contributed by atoms with Gasteiger partial charge in [0, 0.05) is 58.3 Å². The van der Waals surface area contributed by atoms with Gasteiger partial charge in [-0.3, -0.25) is 28.8 Å². The van der Waals surface area contributed by atoms with E-state index in [2.05, 4.69) is 5.32 Å². The van der Waals surface area contributed by atoms with E-state index in [1.807, 2.05) is 54.6 Å². The number of carbonyl (C=O) groups is 5. The van der Waals surface area contributed by atoms with Crippen LogP contribution in [0.5, 0.6) is 0 Å². The quantitative estimate of drug-likeness (QED) is 0.186. The predicted octanol–water partition coefficient (Wildman–Crippen LogP) is 3.56. The van der Waals surface area contributed by atoms with Crippen LogP contribution in [0.3, 0.4) is 0 Å². The zero-order chi connectivity index (χ0) is 44.1. The fourth-order valence-corrected chi connectivity index (χ4v) is 9.84. The molecule has 6 fully saturated rings.